The summed E-state index contributed by atoms with van der Waals surface area (Å²) in [5.41, 5.74) is 0.177. The van der Waals surface area contributed by atoms with Gasteiger partial charge in [-0.05, 0) is 6.92 Å². The van der Waals surface area contributed by atoms with E-state index in [0.717, 1.165) is 0 Å². The molecule has 1 heterocycles. The molecule has 1 N–H and O–H groups in total. The second-order valence-corrected chi connectivity index (χ2v) is 8.48. The van der Waals surface area contributed by atoms with Gasteiger partial charge in [0.2, 0.25) is 0 Å². The highest BCUT2D eigenvalue weighted by Crippen LogP contribution is 2.25. The summed E-state index contributed by atoms with van der Waals surface area (Å²) in [5, 5.41) is 8.81. The van der Waals surface area contributed by atoms with Crippen LogP contribution in [0.4, 0.5) is 0 Å². The van der Waals surface area contributed by atoms with E-state index in [1.165, 1.54) is 0 Å². The van der Waals surface area contributed by atoms with E-state index in [1.54, 1.807) is 0 Å². The van der Waals surface area contributed by atoms with Crippen molar-refractivity contribution in [2.24, 2.45) is 0 Å². The molecule has 1 aliphatic heterocycles. The predicted octanol–water partition coefficient (Wildman–Crippen LogP) is 0.829. The average molecular weight is 338 g/mol. The molecule has 1 fully saturated rings. The minimum Gasteiger partial charge on any atom is -0.394 e. The van der Waals surface area contributed by atoms with Crippen molar-refractivity contribution in [2.45, 2.75) is 32.4 Å². The smallest absolute Gasteiger partial charge is 0.394 e. The Hall–Kier alpha value is -0.0631. The first-order valence-corrected chi connectivity index (χ1v) is 9.74. The molecule has 0 aromatic carbocycles. The molecule has 1 aliphatic rings. The third-order valence-corrected chi connectivity index (χ3v) is 6.49. The van der Waals surface area contributed by atoms with E-state index < -0.39 is 8.80 Å². The molecule has 1 rings (SSSR count). The van der Waals surface area contributed by atoms with Gasteiger partial charge in [-0.25, -0.2) is 0 Å². The Labute approximate surface area is 134 Å². The van der Waals surface area contributed by atoms with E-state index in [0.29, 0.717) is 46.2 Å². The highest BCUT2D eigenvalue weighted by Gasteiger charge is 2.44. The Bertz CT molecular complexity index is 264. The fourth-order valence-corrected chi connectivity index (χ4v) is 4.49. The summed E-state index contributed by atoms with van der Waals surface area (Å²) in [6.45, 7) is 9.42. The Morgan fingerprint density at radius 2 is 1.68 bits per heavy atom. The molecule has 0 atom stereocenters. The molecule has 0 unspecified atom stereocenters. The number of hydrogen-bond donors (Lipinski definition) is 1. The molecule has 0 aromatic heterocycles. The summed E-state index contributed by atoms with van der Waals surface area (Å²) in [6.07, 6.45) is -0.189. The summed E-state index contributed by atoms with van der Waals surface area (Å²) in [7, 11) is -2.70. The zero-order chi connectivity index (χ0) is 16.3. The van der Waals surface area contributed by atoms with Crippen LogP contribution >= 0.6 is 0 Å². The number of ether oxygens (including phenoxy) is 3. The second kappa shape index (κ2) is 11.5. The van der Waals surface area contributed by atoms with Crippen LogP contribution in [-0.4, -0.2) is 79.5 Å². The highest BCUT2D eigenvalue weighted by atomic mass is 28.4. The van der Waals surface area contributed by atoms with Crippen molar-refractivity contribution < 1.29 is 32.6 Å². The molecule has 0 amide bonds. The van der Waals surface area contributed by atoms with E-state index in [1.807, 2.05) is 20.8 Å². The van der Waals surface area contributed by atoms with Gasteiger partial charge in [0, 0.05) is 12.1 Å². The van der Waals surface area contributed by atoms with E-state index in [9.17, 15) is 0 Å². The van der Waals surface area contributed by atoms with Crippen molar-refractivity contribution in [1.29, 1.82) is 0 Å². The van der Waals surface area contributed by atoms with E-state index >= 15 is 0 Å². The molecule has 1 saturated heterocycles. The van der Waals surface area contributed by atoms with Gasteiger partial charge in [0.15, 0.2) is 0 Å². The standard InChI is InChI=1S/C14H30O7Si/c1-4-19-22(13(2)3)20-9-7-16-11-14(18-6-5-15)12-17-8-10-21-22/h13-15H,4-12H2,1-3H3. The zero-order valence-corrected chi connectivity index (χ0v) is 14.9. The number of hydrogen-bond acceptors (Lipinski definition) is 7. The molecule has 0 aromatic rings. The monoisotopic (exact) mass is 338 g/mol. The lowest BCUT2D eigenvalue weighted by atomic mass is 10.4. The Balaban J connectivity index is 2.53. The Kier molecular flexibility index (Phi) is 10.4. The van der Waals surface area contributed by atoms with E-state index in [4.69, 9.17) is 32.6 Å². The van der Waals surface area contributed by atoms with Crippen molar-refractivity contribution in [3.05, 3.63) is 0 Å². The van der Waals surface area contributed by atoms with Crippen molar-refractivity contribution in [3.63, 3.8) is 0 Å². The molecule has 22 heavy (non-hydrogen) atoms. The van der Waals surface area contributed by atoms with Crippen molar-refractivity contribution in [3.8, 4) is 0 Å². The van der Waals surface area contributed by atoms with E-state index in [-0.39, 0.29) is 24.9 Å². The third kappa shape index (κ3) is 7.01. The molecule has 0 saturated carbocycles. The molecular formula is C14H30O7Si. The van der Waals surface area contributed by atoms with Crippen molar-refractivity contribution >= 4 is 8.80 Å². The summed E-state index contributed by atoms with van der Waals surface area (Å²) in [6, 6.07) is 0. The second-order valence-electron chi connectivity index (χ2n) is 5.25. The number of aliphatic hydroxyl groups is 1. The summed E-state index contributed by atoms with van der Waals surface area (Å²) >= 11 is 0. The molecule has 132 valence electrons. The lowest BCUT2D eigenvalue weighted by Gasteiger charge is -2.33. The van der Waals surface area contributed by atoms with Gasteiger partial charge in [-0.15, -0.1) is 0 Å². The topological polar surface area (TPSA) is 75.6 Å². The van der Waals surface area contributed by atoms with Crippen LogP contribution < -0.4 is 0 Å². The average Bonchev–Trinajstić information content (AvgIpc) is 2.48. The SMILES string of the molecule is CCO[Si]1(C(C)C)OCCOCC(OCCO)COCCO1. The Morgan fingerprint density at radius 3 is 2.14 bits per heavy atom. The van der Waals surface area contributed by atoms with E-state index in [2.05, 4.69) is 0 Å². The zero-order valence-electron chi connectivity index (χ0n) is 13.9. The quantitative estimate of drug-likeness (QED) is 0.719. The van der Waals surface area contributed by atoms with Gasteiger partial charge in [0.25, 0.3) is 0 Å². The number of rotatable bonds is 6. The van der Waals surface area contributed by atoms with Gasteiger partial charge in [0.1, 0.15) is 6.10 Å². The summed E-state index contributed by atoms with van der Waals surface area (Å²) in [5.74, 6) is 0. The molecule has 8 heteroatoms. The first-order chi connectivity index (χ1) is 10.6. The lowest BCUT2D eigenvalue weighted by Crippen LogP contribution is -2.50. The van der Waals surface area contributed by atoms with Crippen LogP contribution in [0.2, 0.25) is 5.54 Å². The van der Waals surface area contributed by atoms with Crippen molar-refractivity contribution in [1.82, 2.24) is 0 Å². The molecule has 7 nitrogen and oxygen atoms in total. The molecule has 0 bridgehead atoms. The maximum Gasteiger partial charge on any atom is 0.503 e. The van der Waals surface area contributed by atoms with Gasteiger partial charge < -0.3 is 32.6 Å². The summed E-state index contributed by atoms with van der Waals surface area (Å²) in [4.78, 5) is 0. The first-order valence-electron chi connectivity index (χ1n) is 7.94. The maximum atomic E-state index is 8.81. The molecule has 0 aliphatic carbocycles. The minimum absolute atomic E-state index is 0.0143. The van der Waals surface area contributed by atoms with Crippen LogP contribution in [0.15, 0.2) is 0 Å². The van der Waals surface area contributed by atoms with Gasteiger partial charge in [-0.2, -0.15) is 0 Å². The Morgan fingerprint density at radius 1 is 1.09 bits per heavy atom. The molecule has 0 spiro atoms. The maximum absolute atomic E-state index is 8.81. The summed E-state index contributed by atoms with van der Waals surface area (Å²) < 4.78 is 34.3. The van der Waals surface area contributed by atoms with Crippen LogP contribution in [0.1, 0.15) is 20.8 Å². The molecule has 0 radical (unpaired) electrons. The number of aliphatic hydroxyl groups excluding tert-OH is 1. The van der Waals surface area contributed by atoms with Crippen molar-refractivity contribution in [2.75, 3.05) is 59.5 Å². The van der Waals surface area contributed by atoms with Gasteiger partial charge in [-0.3, -0.25) is 0 Å². The largest absolute Gasteiger partial charge is 0.503 e. The normalized spacial score (nSPS) is 29.0. The lowest BCUT2D eigenvalue weighted by molar-refractivity contribution is -0.0829. The van der Waals surface area contributed by atoms with Crippen LogP contribution in [0.3, 0.4) is 0 Å². The third-order valence-electron chi connectivity index (χ3n) is 3.17. The van der Waals surface area contributed by atoms with Gasteiger partial charge in [0.05, 0.1) is 52.9 Å². The van der Waals surface area contributed by atoms with Crippen LogP contribution in [-0.2, 0) is 27.5 Å². The fraction of sp³-hybridized carbons (Fsp3) is 1.00. The van der Waals surface area contributed by atoms with Crippen LogP contribution in [0.25, 0.3) is 0 Å². The minimum atomic E-state index is -2.70. The van der Waals surface area contributed by atoms with Crippen LogP contribution in [0.5, 0.6) is 0 Å². The van der Waals surface area contributed by atoms with Gasteiger partial charge in [-0.1, -0.05) is 13.8 Å². The fourth-order valence-electron chi connectivity index (χ4n) is 2.11. The molecular weight excluding hydrogens is 308 g/mol. The first kappa shape index (κ1) is 20.0. The predicted molar refractivity (Wildman–Crippen MR) is 82.8 cm³/mol. The highest BCUT2D eigenvalue weighted by molar-refractivity contribution is 6.62. The van der Waals surface area contributed by atoms with Crippen LogP contribution in [0, 0.1) is 0 Å². The van der Waals surface area contributed by atoms with Gasteiger partial charge >= 0.3 is 8.80 Å².